The first-order valence-electron chi connectivity index (χ1n) is 10.6. The Morgan fingerprint density at radius 3 is 2.17 bits per heavy atom. The molecule has 2 rings (SSSR count). The van der Waals surface area contributed by atoms with Gasteiger partial charge >= 0.3 is 0 Å². The fourth-order valence-corrected chi connectivity index (χ4v) is 3.08. The van der Waals surface area contributed by atoms with Crippen molar-refractivity contribution in [3.05, 3.63) is 58.8 Å². The van der Waals surface area contributed by atoms with Gasteiger partial charge in [-0.2, -0.15) is 0 Å². The first-order valence-corrected chi connectivity index (χ1v) is 10.6. The first-order chi connectivity index (χ1) is 14.6. The van der Waals surface area contributed by atoms with Crippen LogP contribution in [-0.2, 0) is 11.2 Å². The van der Waals surface area contributed by atoms with Crippen LogP contribution < -0.4 is 14.2 Å². The molecule has 0 aliphatic rings. The maximum absolute atomic E-state index is 13.4. The van der Waals surface area contributed by atoms with Gasteiger partial charge in [-0.25, -0.2) is 0 Å². The van der Waals surface area contributed by atoms with E-state index in [1.54, 1.807) is 18.2 Å². The zero-order valence-corrected chi connectivity index (χ0v) is 18.6. The third-order valence-corrected chi connectivity index (χ3v) is 4.38. The van der Waals surface area contributed by atoms with Gasteiger partial charge in [0.15, 0.2) is 17.3 Å². The predicted molar refractivity (Wildman–Crippen MR) is 120 cm³/mol. The molecule has 0 N–H and O–H groups in total. The van der Waals surface area contributed by atoms with Crippen molar-refractivity contribution in [3.63, 3.8) is 0 Å². The van der Waals surface area contributed by atoms with Crippen molar-refractivity contribution in [1.82, 2.24) is 0 Å². The molecule has 0 atom stereocenters. The van der Waals surface area contributed by atoms with Crippen molar-refractivity contribution in [2.75, 3.05) is 26.4 Å². The van der Waals surface area contributed by atoms with Crippen LogP contribution in [0.15, 0.2) is 42.2 Å². The van der Waals surface area contributed by atoms with E-state index in [1.165, 1.54) is 5.56 Å². The van der Waals surface area contributed by atoms with E-state index >= 15 is 0 Å². The normalized spacial score (nSPS) is 11.2. The lowest BCUT2D eigenvalue weighted by atomic mass is 10.0. The van der Waals surface area contributed by atoms with Gasteiger partial charge in [0.1, 0.15) is 0 Å². The standard InChI is InChI=1S/C25H32O5/c1-6-18-12-11-13-19(16-18)17-22(28-8-3)23(26)20-14-15-21(27-7-2)25(30-10-5)24(20)29-9-4/h11-17H,6-10H2,1-5H3. The van der Waals surface area contributed by atoms with E-state index in [9.17, 15) is 4.79 Å². The summed E-state index contributed by atoms with van der Waals surface area (Å²) in [5.41, 5.74) is 2.50. The Morgan fingerprint density at radius 2 is 1.53 bits per heavy atom. The van der Waals surface area contributed by atoms with Crippen molar-refractivity contribution in [1.29, 1.82) is 0 Å². The number of hydrogen-bond acceptors (Lipinski definition) is 5. The molecule has 0 unspecified atom stereocenters. The van der Waals surface area contributed by atoms with E-state index in [2.05, 4.69) is 19.1 Å². The van der Waals surface area contributed by atoms with E-state index in [0.29, 0.717) is 49.2 Å². The summed E-state index contributed by atoms with van der Waals surface area (Å²) >= 11 is 0. The molecular weight excluding hydrogens is 380 g/mol. The van der Waals surface area contributed by atoms with E-state index < -0.39 is 0 Å². The molecule has 5 heteroatoms. The number of ether oxygens (including phenoxy) is 4. The summed E-state index contributed by atoms with van der Waals surface area (Å²) in [5, 5.41) is 0. The first kappa shape index (κ1) is 23.3. The van der Waals surface area contributed by atoms with Crippen LogP contribution >= 0.6 is 0 Å². The molecule has 0 radical (unpaired) electrons. The van der Waals surface area contributed by atoms with Crippen molar-refractivity contribution in [2.24, 2.45) is 0 Å². The van der Waals surface area contributed by atoms with Crippen LogP contribution in [-0.4, -0.2) is 32.2 Å². The molecule has 0 saturated carbocycles. The van der Waals surface area contributed by atoms with Crippen molar-refractivity contribution in [3.8, 4) is 17.2 Å². The third kappa shape index (κ3) is 5.78. The number of Topliss-reactive ketones (excluding diaryl/α,β-unsaturated/α-hetero) is 1. The van der Waals surface area contributed by atoms with Crippen LogP contribution in [0.5, 0.6) is 17.2 Å². The zero-order valence-electron chi connectivity index (χ0n) is 18.6. The summed E-state index contributed by atoms with van der Waals surface area (Å²) in [6.45, 7) is 11.3. The lowest BCUT2D eigenvalue weighted by Crippen LogP contribution is -2.12. The third-order valence-electron chi connectivity index (χ3n) is 4.38. The fourth-order valence-electron chi connectivity index (χ4n) is 3.08. The molecule has 0 aliphatic heterocycles. The number of aryl methyl sites for hydroxylation is 1. The van der Waals surface area contributed by atoms with Gasteiger partial charge in [0, 0.05) is 0 Å². The molecule has 0 aromatic heterocycles. The van der Waals surface area contributed by atoms with Crippen molar-refractivity contribution < 1.29 is 23.7 Å². The van der Waals surface area contributed by atoms with Gasteiger partial charge in [-0.1, -0.05) is 31.2 Å². The molecule has 2 aromatic rings. The minimum atomic E-state index is -0.258. The molecule has 0 bridgehead atoms. The van der Waals surface area contributed by atoms with Gasteiger partial charge in [0.2, 0.25) is 11.5 Å². The summed E-state index contributed by atoms with van der Waals surface area (Å²) in [4.78, 5) is 13.4. The Balaban J connectivity index is 2.56. The maximum atomic E-state index is 13.4. The summed E-state index contributed by atoms with van der Waals surface area (Å²) < 4.78 is 23.0. The van der Waals surface area contributed by atoms with Gasteiger partial charge in [0.25, 0.3) is 0 Å². The minimum absolute atomic E-state index is 0.258. The van der Waals surface area contributed by atoms with Gasteiger partial charge in [-0.05, 0) is 63.5 Å². The van der Waals surface area contributed by atoms with E-state index in [1.807, 2.05) is 39.8 Å². The largest absolute Gasteiger partial charge is 0.490 e. The summed E-state index contributed by atoms with van der Waals surface area (Å²) in [6, 6.07) is 11.5. The number of ketones is 1. The molecular formula is C25H32O5. The fraction of sp³-hybridized carbons (Fsp3) is 0.400. The average Bonchev–Trinajstić information content (AvgIpc) is 2.75. The number of hydrogen-bond donors (Lipinski definition) is 0. The second-order valence-corrected chi connectivity index (χ2v) is 6.44. The van der Waals surface area contributed by atoms with Crippen LogP contribution in [0.1, 0.15) is 56.1 Å². The SMILES string of the molecule is CCOC(=Cc1cccc(CC)c1)C(=O)c1ccc(OCC)c(OCC)c1OCC. The Labute approximate surface area is 179 Å². The second kappa shape index (κ2) is 11.9. The van der Waals surface area contributed by atoms with E-state index in [-0.39, 0.29) is 11.5 Å². The highest BCUT2D eigenvalue weighted by Crippen LogP contribution is 2.41. The molecule has 2 aromatic carbocycles. The Hall–Kier alpha value is -2.95. The molecule has 0 saturated heterocycles. The van der Waals surface area contributed by atoms with Crippen LogP contribution in [0.2, 0.25) is 0 Å². The lowest BCUT2D eigenvalue weighted by molar-refractivity contribution is 0.0926. The quantitative estimate of drug-likeness (QED) is 0.254. The zero-order chi connectivity index (χ0) is 21.9. The van der Waals surface area contributed by atoms with Gasteiger partial charge in [0.05, 0.1) is 32.0 Å². The molecule has 0 spiro atoms. The Bertz CT molecular complexity index is 870. The number of benzene rings is 2. The number of rotatable bonds is 12. The predicted octanol–water partition coefficient (Wildman–Crippen LogP) is 5.71. The molecule has 0 heterocycles. The van der Waals surface area contributed by atoms with Gasteiger partial charge in [-0.15, -0.1) is 0 Å². The average molecular weight is 413 g/mol. The maximum Gasteiger partial charge on any atom is 0.231 e. The smallest absolute Gasteiger partial charge is 0.231 e. The second-order valence-electron chi connectivity index (χ2n) is 6.44. The number of carbonyl (C=O) groups is 1. The molecule has 162 valence electrons. The van der Waals surface area contributed by atoms with Crippen LogP contribution in [0, 0.1) is 0 Å². The molecule has 30 heavy (non-hydrogen) atoms. The van der Waals surface area contributed by atoms with Gasteiger partial charge < -0.3 is 18.9 Å². The van der Waals surface area contributed by atoms with E-state index in [0.717, 1.165) is 12.0 Å². The summed E-state index contributed by atoms with van der Waals surface area (Å²) in [6.07, 6.45) is 2.70. The van der Waals surface area contributed by atoms with E-state index in [4.69, 9.17) is 18.9 Å². The highest BCUT2D eigenvalue weighted by atomic mass is 16.5. The lowest BCUT2D eigenvalue weighted by Gasteiger charge is -2.18. The monoisotopic (exact) mass is 412 g/mol. The van der Waals surface area contributed by atoms with Gasteiger partial charge in [-0.3, -0.25) is 4.79 Å². The van der Waals surface area contributed by atoms with Crippen LogP contribution in [0.25, 0.3) is 6.08 Å². The molecule has 0 fully saturated rings. The molecule has 0 amide bonds. The number of carbonyl (C=O) groups excluding carboxylic acids is 1. The molecule has 5 nitrogen and oxygen atoms in total. The summed E-state index contributed by atoms with van der Waals surface area (Å²) in [5.74, 6) is 1.38. The Morgan fingerprint density at radius 1 is 0.833 bits per heavy atom. The highest BCUT2D eigenvalue weighted by molar-refractivity contribution is 6.12. The minimum Gasteiger partial charge on any atom is -0.490 e. The summed E-state index contributed by atoms with van der Waals surface area (Å²) in [7, 11) is 0. The highest BCUT2D eigenvalue weighted by Gasteiger charge is 2.25. The Kier molecular flexibility index (Phi) is 9.26. The topological polar surface area (TPSA) is 54.0 Å². The number of allylic oxidation sites excluding steroid dienone is 1. The van der Waals surface area contributed by atoms with Crippen LogP contribution in [0.4, 0.5) is 0 Å². The van der Waals surface area contributed by atoms with Crippen LogP contribution in [0.3, 0.4) is 0 Å². The molecule has 0 aliphatic carbocycles. The van der Waals surface area contributed by atoms with Crippen molar-refractivity contribution in [2.45, 2.75) is 41.0 Å². The van der Waals surface area contributed by atoms with Crippen molar-refractivity contribution >= 4 is 11.9 Å².